The lowest BCUT2D eigenvalue weighted by atomic mass is 9.85. The van der Waals surface area contributed by atoms with Crippen LogP contribution in [0.4, 0.5) is 5.82 Å². The van der Waals surface area contributed by atoms with E-state index in [0.717, 1.165) is 11.3 Å². The van der Waals surface area contributed by atoms with Gasteiger partial charge < -0.3 is 5.32 Å². The SMILES string of the molecule is Cc1nn([C@H]2CCS(=O)(=O)C2)c2c1[C@@H](c1c(Cl)cccc1Cl)CC(=O)N2. The Hall–Kier alpha value is -1.57. The number of carbonyl (C=O) groups is 1. The number of fused-ring (bicyclic) bond motifs is 1. The molecule has 3 heterocycles. The highest BCUT2D eigenvalue weighted by Gasteiger charge is 2.38. The van der Waals surface area contributed by atoms with E-state index in [1.807, 2.05) is 6.92 Å². The van der Waals surface area contributed by atoms with Crippen molar-refractivity contribution >= 4 is 44.8 Å². The Morgan fingerprint density at radius 2 is 1.92 bits per heavy atom. The first-order valence-electron chi connectivity index (χ1n) is 8.30. The molecule has 2 atom stereocenters. The molecule has 0 aliphatic carbocycles. The molecule has 2 aliphatic rings. The summed E-state index contributed by atoms with van der Waals surface area (Å²) < 4.78 is 25.4. The summed E-state index contributed by atoms with van der Waals surface area (Å²) in [7, 11) is -3.07. The zero-order valence-corrected chi connectivity index (χ0v) is 16.3. The van der Waals surface area contributed by atoms with Gasteiger partial charge in [-0.3, -0.25) is 4.79 Å². The molecule has 0 spiro atoms. The Balaban J connectivity index is 1.86. The van der Waals surface area contributed by atoms with Crippen molar-refractivity contribution in [1.82, 2.24) is 9.78 Å². The first-order chi connectivity index (χ1) is 12.3. The van der Waals surface area contributed by atoms with E-state index in [1.54, 1.807) is 22.9 Å². The molecule has 4 rings (SSSR count). The van der Waals surface area contributed by atoms with Crippen LogP contribution in [0.25, 0.3) is 0 Å². The number of nitrogens with zero attached hydrogens (tertiary/aromatic N) is 2. The van der Waals surface area contributed by atoms with E-state index in [2.05, 4.69) is 10.4 Å². The van der Waals surface area contributed by atoms with Crippen LogP contribution in [0, 0.1) is 6.92 Å². The lowest BCUT2D eigenvalue weighted by molar-refractivity contribution is -0.116. The molecule has 1 saturated heterocycles. The van der Waals surface area contributed by atoms with Crippen molar-refractivity contribution in [2.75, 3.05) is 16.8 Å². The van der Waals surface area contributed by atoms with Crippen molar-refractivity contribution in [3.8, 4) is 0 Å². The predicted molar refractivity (Wildman–Crippen MR) is 101 cm³/mol. The third-order valence-electron chi connectivity index (χ3n) is 5.03. The van der Waals surface area contributed by atoms with Gasteiger partial charge in [-0.15, -0.1) is 0 Å². The number of halogens is 2. The topological polar surface area (TPSA) is 81.1 Å². The summed E-state index contributed by atoms with van der Waals surface area (Å²) in [5, 5.41) is 8.43. The van der Waals surface area contributed by atoms with E-state index < -0.39 is 9.84 Å². The van der Waals surface area contributed by atoms with E-state index >= 15 is 0 Å². The van der Waals surface area contributed by atoms with Gasteiger partial charge in [0.25, 0.3) is 0 Å². The van der Waals surface area contributed by atoms with E-state index in [1.165, 1.54) is 0 Å². The van der Waals surface area contributed by atoms with Gasteiger partial charge in [0, 0.05) is 27.9 Å². The molecule has 26 heavy (non-hydrogen) atoms. The Bertz CT molecular complexity index is 996. The van der Waals surface area contributed by atoms with Crippen LogP contribution < -0.4 is 5.32 Å². The second-order valence-corrected chi connectivity index (χ2v) is 9.83. The summed E-state index contributed by atoms with van der Waals surface area (Å²) in [6.45, 7) is 1.86. The molecular weight excluding hydrogens is 397 g/mol. The van der Waals surface area contributed by atoms with Gasteiger partial charge in [-0.1, -0.05) is 29.3 Å². The van der Waals surface area contributed by atoms with E-state index in [0.29, 0.717) is 27.8 Å². The highest BCUT2D eigenvalue weighted by Crippen LogP contribution is 2.45. The maximum Gasteiger partial charge on any atom is 0.226 e. The van der Waals surface area contributed by atoms with Gasteiger partial charge in [0.05, 0.1) is 23.2 Å². The van der Waals surface area contributed by atoms with Crippen LogP contribution in [0.5, 0.6) is 0 Å². The third kappa shape index (κ3) is 2.92. The van der Waals surface area contributed by atoms with Crippen LogP contribution in [-0.4, -0.2) is 35.6 Å². The molecule has 1 aromatic heterocycles. The average molecular weight is 414 g/mol. The molecular formula is C17H17Cl2N3O3S. The van der Waals surface area contributed by atoms with E-state index in [4.69, 9.17) is 23.2 Å². The van der Waals surface area contributed by atoms with Gasteiger partial charge in [-0.2, -0.15) is 5.10 Å². The van der Waals surface area contributed by atoms with Crippen molar-refractivity contribution in [2.24, 2.45) is 0 Å². The molecule has 0 bridgehead atoms. The number of hydrogen-bond acceptors (Lipinski definition) is 4. The minimum absolute atomic E-state index is 0.0357. The van der Waals surface area contributed by atoms with Gasteiger partial charge in [0.1, 0.15) is 5.82 Å². The molecule has 1 N–H and O–H groups in total. The lowest BCUT2D eigenvalue weighted by Crippen LogP contribution is -2.26. The molecule has 9 heteroatoms. The fraction of sp³-hybridized carbons (Fsp3) is 0.412. The lowest BCUT2D eigenvalue weighted by Gasteiger charge is -2.26. The zero-order valence-electron chi connectivity index (χ0n) is 14.0. The predicted octanol–water partition coefficient (Wildman–Crippen LogP) is 3.33. The highest BCUT2D eigenvalue weighted by molar-refractivity contribution is 7.91. The molecule has 1 amide bonds. The van der Waals surface area contributed by atoms with Crippen molar-refractivity contribution in [3.63, 3.8) is 0 Å². The molecule has 1 aromatic carbocycles. The van der Waals surface area contributed by atoms with Crippen LogP contribution in [0.2, 0.25) is 10.0 Å². The summed E-state index contributed by atoms with van der Waals surface area (Å²) in [6.07, 6.45) is 0.704. The number of amides is 1. The molecule has 0 unspecified atom stereocenters. The molecule has 138 valence electrons. The number of aromatic nitrogens is 2. The van der Waals surface area contributed by atoms with Gasteiger partial charge in [0.15, 0.2) is 9.84 Å². The first kappa shape index (κ1) is 17.8. The van der Waals surface area contributed by atoms with Crippen LogP contribution >= 0.6 is 23.2 Å². The minimum atomic E-state index is -3.07. The minimum Gasteiger partial charge on any atom is -0.311 e. The largest absolute Gasteiger partial charge is 0.311 e. The summed E-state index contributed by atoms with van der Waals surface area (Å²) in [4.78, 5) is 12.4. The summed E-state index contributed by atoms with van der Waals surface area (Å²) in [5.74, 6) is 0.251. The maximum absolute atomic E-state index is 12.4. The normalized spacial score (nSPS) is 24.3. The van der Waals surface area contributed by atoms with Crippen molar-refractivity contribution in [3.05, 3.63) is 45.1 Å². The first-order valence-corrected chi connectivity index (χ1v) is 10.9. The monoisotopic (exact) mass is 413 g/mol. The van der Waals surface area contributed by atoms with Gasteiger partial charge in [0.2, 0.25) is 5.91 Å². The van der Waals surface area contributed by atoms with Crippen LogP contribution in [0.3, 0.4) is 0 Å². The van der Waals surface area contributed by atoms with Gasteiger partial charge in [-0.05, 0) is 31.0 Å². The Labute approximate surface area is 161 Å². The van der Waals surface area contributed by atoms with Crippen molar-refractivity contribution in [2.45, 2.75) is 31.7 Å². The third-order valence-corrected chi connectivity index (χ3v) is 7.44. The number of sulfone groups is 1. The van der Waals surface area contributed by atoms with E-state index in [-0.39, 0.29) is 35.8 Å². The fourth-order valence-electron chi connectivity index (χ4n) is 3.90. The summed E-state index contributed by atoms with van der Waals surface area (Å²) >= 11 is 12.8. The van der Waals surface area contributed by atoms with Crippen LogP contribution in [0.1, 0.15) is 41.6 Å². The number of nitrogens with one attached hydrogen (secondary N) is 1. The Kier molecular flexibility index (Phi) is 4.28. The second-order valence-electron chi connectivity index (χ2n) is 6.79. The maximum atomic E-state index is 12.4. The fourth-order valence-corrected chi connectivity index (χ4v) is 6.25. The van der Waals surface area contributed by atoms with E-state index in [9.17, 15) is 13.2 Å². The molecule has 0 radical (unpaired) electrons. The smallest absolute Gasteiger partial charge is 0.226 e. The average Bonchev–Trinajstić information content (AvgIpc) is 3.06. The summed E-state index contributed by atoms with van der Waals surface area (Å²) in [5.41, 5.74) is 2.29. The van der Waals surface area contributed by atoms with Crippen LogP contribution in [-0.2, 0) is 14.6 Å². The second kappa shape index (κ2) is 6.25. The number of anilines is 1. The number of benzene rings is 1. The highest BCUT2D eigenvalue weighted by atomic mass is 35.5. The quantitative estimate of drug-likeness (QED) is 0.818. The van der Waals surface area contributed by atoms with Gasteiger partial charge >= 0.3 is 0 Å². The summed E-state index contributed by atoms with van der Waals surface area (Å²) in [6, 6.07) is 4.98. The Morgan fingerprint density at radius 3 is 2.54 bits per heavy atom. The zero-order chi connectivity index (χ0) is 18.6. The van der Waals surface area contributed by atoms with Gasteiger partial charge in [-0.25, -0.2) is 13.1 Å². The number of hydrogen-bond donors (Lipinski definition) is 1. The van der Waals surface area contributed by atoms with Crippen molar-refractivity contribution in [1.29, 1.82) is 0 Å². The molecule has 6 nitrogen and oxygen atoms in total. The number of rotatable bonds is 2. The van der Waals surface area contributed by atoms with Crippen LogP contribution in [0.15, 0.2) is 18.2 Å². The standard InChI is InChI=1S/C17H17Cl2N3O3S/c1-9-15-11(16-12(18)3-2-4-13(16)19)7-14(23)20-17(15)22(21-9)10-5-6-26(24,25)8-10/h2-4,10-11H,5-8H2,1H3,(H,20,23)/t10-,11-/m0/s1. The van der Waals surface area contributed by atoms with Crippen molar-refractivity contribution < 1.29 is 13.2 Å². The molecule has 1 fully saturated rings. The molecule has 2 aliphatic heterocycles. The molecule has 0 saturated carbocycles. The number of carbonyl (C=O) groups excluding carboxylic acids is 1. The Morgan fingerprint density at radius 1 is 1.23 bits per heavy atom. The number of aryl methyl sites for hydroxylation is 1. The molecule has 2 aromatic rings.